The lowest BCUT2D eigenvalue weighted by atomic mass is 10.1. The number of sulfonamides is 1. The average molecular weight is 364 g/mol. The van der Waals surface area contributed by atoms with Gasteiger partial charge in [-0.25, -0.2) is 13.1 Å². The summed E-state index contributed by atoms with van der Waals surface area (Å²) in [4.78, 5) is 12.1. The number of rotatable bonds is 9. The van der Waals surface area contributed by atoms with Crippen LogP contribution in [0.2, 0.25) is 0 Å². The first-order valence-electron chi connectivity index (χ1n) is 7.45. The van der Waals surface area contributed by atoms with Gasteiger partial charge in [0.05, 0.1) is 4.90 Å². The van der Waals surface area contributed by atoms with Crippen LogP contribution in [0.25, 0.3) is 0 Å². The average Bonchev–Trinajstić information content (AvgIpc) is 2.49. The molecule has 0 atom stereocenters. The molecule has 0 spiro atoms. The predicted octanol–water partition coefficient (Wildman–Crippen LogP) is 2.17. The van der Waals surface area contributed by atoms with Crippen LogP contribution in [0.15, 0.2) is 23.1 Å². The van der Waals surface area contributed by atoms with Crippen molar-refractivity contribution in [1.82, 2.24) is 4.72 Å². The highest BCUT2D eigenvalue weighted by atomic mass is 35.5. The summed E-state index contributed by atoms with van der Waals surface area (Å²) in [5.41, 5.74) is 6.48. The van der Waals surface area contributed by atoms with Gasteiger partial charge in [0, 0.05) is 12.1 Å². The third-order valence-corrected chi connectivity index (χ3v) is 5.03. The van der Waals surface area contributed by atoms with E-state index in [1.54, 1.807) is 19.1 Å². The van der Waals surface area contributed by atoms with Gasteiger partial charge in [0.1, 0.15) is 0 Å². The number of anilines is 1. The minimum atomic E-state index is -3.53. The molecule has 0 fully saturated rings. The molecule has 1 rings (SSSR count). The van der Waals surface area contributed by atoms with Gasteiger partial charge in [0.15, 0.2) is 0 Å². The molecule has 0 radical (unpaired) electrons. The summed E-state index contributed by atoms with van der Waals surface area (Å²) < 4.78 is 26.1. The summed E-state index contributed by atoms with van der Waals surface area (Å²) in [5, 5.41) is 2.78. The van der Waals surface area contributed by atoms with E-state index in [0.29, 0.717) is 24.2 Å². The number of nitrogens with two attached hydrogens (primary N) is 1. The van der Waals surface area contributed by atoms with Crippen LogP contribution in [0.5, 0.6) is 0 Å². The van der Waals surface area contributed by atoms with E-state index in [9.17, 15) is 13.2 Å². The molecule has 0 unspecified atom stereocenters. The molecule has 1 aromatic rings. The van der Waals surface area contributed by atoms with Crippen molar-refractivity contribution in [2.24, 2.45) is 5.73 Å². The molecule has 0 aliphatic carbocycles. The van der Waals surface area contributed by atoms with Crippen LogP contribution in [0.1, 0.15) is 37.7 Å². The van der Waals surface area contributed by atoms with Crippen LogP contribution in [-0.4, -0.2) is 27.9 Å². The summed E-state index contributed by atoms with van der Waals surface area (Å²) in [6.45, 7) is 2.36. The lowest BCUT2D eigenvalue weighted by molar-refractivity contribution is -0.116. The Kier molecular flexibility index (Phi) is 10.1. The first-order chi connectivity index (χ1) is 10.4. The number of hydrogen-bond acceptors (Lipinski definition) is 4. The van der Waals surface area contributed by atoms with Gasteiger partial charge in [-0.1, -0.05) is 18.9 Å². The number of carbonyl (C=O) groups excluding carboxylic acids is 1. The second kappa shape index (κ2) is 10.6. The molecule has 0 saturated carbocycles. The van der Waals surface area contributed by atoms with Crippen molar-refractivity contribution in [3.63, 3.8) is 0 Å². The zero-order valence-corrected chi connectivity index (χ0v) is 15.2. The Morgan fingerprint density at radius 2 is 1.83 bits per heavy atom. The Balaban J connectivity index is 0.00000484. The standard InChI is InChI=1S/C15H25N3O3S.ClH/c1-12-13(8-7-9-14(12)22(20,21)17-2)18-15(19)10-5-3-4-6-11-16;/h7-9,17H,3-6,10-11,16H2,1-2H3,(H,18,19);1H. The van der Waals surface area contributed by atoms with E-state index < -0.39 is 10.0 Å². The summed E-state index contributed by atoms with van der Waals surface area (Å²) in [7, 11) is -2.17. The van der Waals surface area contributed by atoms with Crippen LogP contribution in [0.3, 0.4) is 0 Å². The molecule has 1 aromatic carbocycles. The van der Waals surface area contributed by atoms with Crippen molar-refractivity contribution >= 4 is 34.0 Å². The first kappa shape index (κ1) is 21.9. The summed E-state index contributed by atoms with van der Waals surface area (Å²) in [6.07, 6.45) is 4.20. The fourth-order valence-electron chi connectivity index (χ4n) is 2.15. The second-order valence-corrected chi connectivity index (χ2v) is 6.99. The number of carbonyl (C=O) groups is 1. The van der Waals surface area contributed by atoms with Gasteiger partial charge >= 0.3 is 0 Å². The first-order valence-corrected chi connectivity index (χ1v) is 8.93. The number of unbranched alkanes of at least 4 members (excludes halogenated alkanes) is 3. The van der Waals surface area contributed by atoms with Gasteiger partial charge in [0.2, 0.25) is 15.9 Å². The largest absolute Gasteiger partial charge is 0.330 e. The van der Waals surface area contributed by atoms with E-state index in [2.05, 4.69) is 10.0 Å². The van der Waals surface area contributed by atoms with Gasteiger partial charge < -0.3 is 11.1 Å². The van der Waals surface area contributed by atoms with Crippen LogP contribution in [-0.2, 0) is 14.8 Å². The molecule has 23 heavy (non-hydrogen) atoms. The monoisotopic (exact) mass is 363 g/mol. The SMILES string of the molecule is CNS(=O)(=O)c1cccc(NC(=O)CCCCCCN)c1C.Cl. The van der Waals surface area contributed by atoms with Gasteiger partial charge in [-0.3, -0.25) is 4.79 Å². The van der Waals surface area contributed by atoms with Gasteiger partial charge in [-0.2, -0.15) is 0 Å². The Bertz CT molecular complexity index is 606. The van der Waals surface area contributed by atoms with E-state index in [1.807, 2.05) is 0 Å². The maximum Gasteiger partial charge on any atom is 0.240 e. The highest BCUT2D eigenvalue weighted by Gasteiger charge is 2.17. The fourth-order valence-corrected chi connectivity index (χ4v) is 3.14. The van der Waals surface area contributed by atoms with Crippen LogP contribution in [0, 0.1) is 6.92 Å². The molecule has 1 amide bonds. The molecule has 0 heterocycles. The van der Waals surface area contributed by atoms with E-state index in [4.69, 9.17) is 5.73 Å². The molecule has 0 bridgehead atoms. The zero-order valence-electron chi connectivity index (χ0n) is 13.6. The summed E-state index contributed by atoms with van der Waals surface area (Å²) >= 11 is 0. The number of nitrogens with one attached hydrogen (secondary N) is 2. The van der Waals surface area contributed by atoms with Gasteiger partial charge in [-0.05, 0) is 51.1 Å². The third kappa shape index (κ3) is 6.87. The smallest absolute Gasteiger partial charge is 0.240 e. The van der Waals surface area contributed by atoms with Crippen molar-refractivity contribution < 1.29 is 13.2 Å². The normalized spacial score (nSPS) is 10.9. The Morgan fingerprint density at radius 3 is 2.43 bits per heavy atom. The lowest BCUT2D eigenvalue weighted by Crippen LogP contribution is -2.20. The topological polar surface area (TPSA) is 101 Å². The molecule has 0 aliphatic heterocycles. The van der Waals surface area contributed by atoms with E-state index >= 15 is 0 Å². The maximum atomic E-state index is 11.9. The van der Waals surface area contributed by atoms with E-state index in [-0.39, 0.29) is 23.2 Å². The third-order valence-electron chi connectivity index (χ3n) is 3.47. The van der Waals surface area contributed by atoms with Crippen molar-refractivity contribution in [2.75, 3.05) is 18.9 Å². The Morgan fingerprint density at radius 1 is 1.17 bits per heavy atom. The highest BCUT2D eigenvalue weighted by Crippen LogP contribution is 2.23. The molecule has 0 aliphatic rings. The molecular formula is C15H26ClN3O3S. The van der Waals surface area contributed by atoms with Crippen molar-refractivity contribution in [3.05, 3.63) is 23.8 Å². The summed E-state index contributed by atoms with van der Waals surface area (Å²) in [6, 6.07) is 4.84. The fraction of sp³-hybridized carbons (Fsp3) is 0.533. The number of benzene rings is 1. The van der Waals surface area contributed by atoms with Crippen molar-refractivity contribution in [1.29, 1.82) is 0 Å². The van der Waals surface area contributed by atoms with Gasteiger partial charge in [0.25, 0.3) is 0 Å². The number of hydrogen-bond donors (Lipinski definition) is 3. The predicted molar refractivity (Wildman–Crippen MR) is 95.4 cm³/mol. The number of halogens is 1. The van der Waals surface area contributed by atoms with Crippen LogP contribution >= 0.6 is 12.4 Å². The van der Waals surface area contributed by atoms with E-state index in [1.165, 1.54) is 13.1 Å². The molecule has 132 valence electrons. The Hall–Kier alpha value is -1.15. The molecule has 0 saturated heterocycles. The van der Waals surface area contributed by atoms with E-state index in [0.717, 1.165) is 25.7 Å². The summed E-state index contributed by atoms with van der Waals surface area (Å²) in [5.74, 6) is -0.102. The highest BCUT2D eigenvalue weighted by molar-refractivity contribution is 7.89. The second-order valence-electron chi connectivity index (χ2n) is 5.14. The minimum Gasteiger partial charge on any atom is -0.330 e. The molecular weight excluding hydrogens is 338 g/mol. The molecule has 6 nitrogen and oxygen atoms in total. The lowest BCUT2D eigenvalue weighted by Gasteiger charge is -2.12. The van der Waals surface area contributed by atoms with Crippen molar-refractivity contribution in [3.8, 4) is 0 Å². The maximum absolute atomic E-state index is 11.9. The van der Waals surface area contributed by atoms with Crippen LogP contribution in [0.4, 0.5) is 5.69 Å². The molecule has 0 aromatic heterocycles. The van der Waals surface area contributed by atoms with Gasteiger partial charge in [-0.15, -0.1) is 12.4 Å². The van der Waals surface area contributed by atoms with Crippen LogP contribution < -0.4 is 15.8 Å². The zero-order chi connectivity index (χ0) is 16.6. The Labute approximate surface area is 144 Å². The van der Waals surface area contributed by atoms with Crippen molar-refractivity contribution in [2.45, 2.75) is 43.9 Å². The minimum absolute atomic E-state index is 0. The quantitative estimate of drug-likeness (QED) is 0.585. The molecule has 8 heteroatoms. The number of amides is 1. The molecule has 4 N–H and O–H groups in total.